The third-order valence-electron chi connectivity index (χ3n) is 1.80. The highest BCUT2D eigenvalue weighted by molar-refractivity contribution is 5.76. The molecule has 84 valence electrons. The van der Waals surface area contributed by atoms with Gasteiger partial charge < -0.3 is 15.3 Å². The molecular weight excluding hydrogens is 196 g/mol. The molecule has 0 radical (unpaired) electrons. The zero-order valence-corrected chi connectivity index (χ0v) is 8.99. The molecule has 0 heterocycles. The number of nitrogens with one attached hydrogen (secondary N) is 1. The van der Waals surface area contributed by atoms with Crippen LogP contribution in [0.15, 0.2) is 0 Å². The van der Waals surface area contributed by atoms with Gasteiger partial charge in [-0.2, -0.15) is 0 Å². The summed E-state index contributed by atoms with van der Waals surface area (Å²) in [5.74, 6) is 1.42. The molecule has 0 aromatic heterocycles. The number of hydrogen-bond donors (Lipinski definition) is 2. The van der Waals surface area contributed by atoms with E-state index in [0.717, 1.165) is 0 Å². The van der Waals surface area contributed by atoms with Gasteiger partial charge in [0, 0.05) is 12.6 Å². The Kier molecular flexibility index (Phi) is 5.95. The fraction of sp³-hybridized carbons (Fsp3) is 0.600. The Balaban J connectivity index is 4.10. The lowest BCUT2D eigenvalue weighted by molar-refractivity contribution is -0.137. The van der Waals surface area contributed by atoms with Crippen molar-refractivity contribution in [1.29, 1.82) is 0 Å². The second-order valence-corrected chi connectivity index (χ2v) is 3.17. The molecule has 0 spiro atoms. The molecule has 0 saturated heterocycles. The van der Waals surface area contributed by atoms with Crippen LogP contribution in [-0.2, 0) is 4.79 Å². The lowest BCUT2D eigenvalue weighted by Crippen LogP contribution is -2.44. The molecule has 0 fully saturated rings. The third kappa shape index (κ3) is 5.57. The zero-order valence-electron chi connectivity index (χ0n) is 8.99. The summed E-state index contributed by atoms with van der Waals surface area (Å²) in [5, 5.41) is 11.1. The molecule has 0 aromatic carbocycles. The summed E-state index contributed by atoms with van der Waals surface area (Å²) in [6, 6.07) is -0.731. The van der Waals surface area contributed by atoms with Crippen LogP contribution in [0.5, 0.6) is 0 Å². The summed E-state index contributed by atoms with van der Waals surface area (Å²) in [6.45, 7) is 4.16. The van der Waals surface area contributed by atoms with Crippen molar-refractivity contribution in [3.05, 3.63) is 0 Å². The molecule has 0 aliphatic rings. The number of carbonyl (C=O) groups is 2. The molecule has 5 heteroatoms. The molecule has 0 saturated carbocycles. The van der Waals surface area contributed by atoms with Gasteiger partial charge in [-0.05, 0) is 13.8 Å². The van der Waals surface area contributed by atoms with Crippen molar-refractivity contribution in [2.75, 3.05) is 13.1 Å². The summed E-state index contributed by atoms with van der Waals surface area (Å²) >= 11 is 0. The van der Waals surface area contributed by atoms with Crippen LogP contribution in [0.4, 0.5) is 4.79 Å². The van der Waals surface area contributed by atoms with E-state index in [1.54, 1.807) is 13.8 Å². The maximum absolute atomic E-state index is 11.5. The Hall–Kier alpha value is -1.70. The van der Waals surface area contributed by atoms with Gasteiger partial charge in [0.1, 0.15) is 0 Å². The number of aliphatic carboxylic acids is 1. The van der Waals surface area contributed by atoms with E-state index < -0.39 is 12.0 Å². The molecule has 2 N–H and O–H groups in total. The highest BCUT2D eigenvalue weighted by Crippen LogP contribution is 1.94. The molecule has 0 rings (SSSR count). The highest BCUT2D eigenvalue weighted by atomic mass is 16.4. The molecular formula is C10H16N2O3. The van der Waals surface area contributed by atoms with E-state index in [9.17, 15) is 9.59 Å². The second-order valence-electron chi connectivity index (χ2n) is 3.17. The summed E-state index contributed by atoms with van der Waals surface area (Å²) in [5.41, 5.74) is 0. The average Bonchev–Trinajstić information content (AvgIpc) is 2.12. The molecule has 2 amide bonds. The Labute approximate surface area is 89.4 Å². The van der Waals surface area contributed by atoms with Crippen LogP contribution < -0.4 is 5.32 Å². The van der Waals surface area contributed by atoms with Crippen molar-refractivity contribution in [2.24, 2.45) is 0 Å². The van der Waals surface area contributed by atoms with Gasteiger partial charge in [-0.1, -0.05) is 5.92 Å². The lowest BCUT2D eigenvalue weighted by atomic mass is 10.2. The van der Waals surface area contributed by atoms with E-state index >= 15 is 0 Å². The van der Waals surface area contributed by atoms with Crippen LogP contribution in [0.3, 0.4) is 0 Å². The maximum atomic E-state index is 11.5. The monoisotopic (exact) mass is 212 g/mol. The predicted octanol–water partition coefficient (Wildman–Crippen LogP) is 0.514. The number of terminal acetylenes is 1. The summed E-state index contributed by atoms with van der Waals surface area (Å²) in [4.78, 5) is 23.3. The van der Waals surface area contributed by atoms with E-state index in [0.29, 0.717) is 6.54 Å². The first-order valence-corrected chi connectivity index (χ1v) is 4.72. The van der Waals surface area contributed by atoms with Crippen LogP contribution in [0.2, 0.25) is 0 Å². The quantitative estimate of drug-likeness (QED) is 0.652. The van der Waals surface area contributed by atoms with E-state index in [1.165, 1.54) is 4.90 Å². The molecule has 0 aromatic rings. The fourth-order valence-electron chi connectivity index (χ4n) is 1.05. The molecule has 15 heavy (non-hydrogen) atoms. The first-order chi connectivity index (χ1) is 7.01. The van der Waals surface area contributed by atoms with Gasteiger partial charge in [-0.15, -0.1) is 6.42 Å². The van der Waals surface area contributed by atoms with Crippen LogP contribution in [0.25, 0.3) is 0 Å². The number of rotatable bonds is 5. The van der Waals surface area contributed by atoms with Crippen molar-refractivity contribution in [3.63, 3.8) is 0 Å². The van der Waals surface area contributed by atoms with Crippen molar-refractivity contribution in [3.8, 4) is 12.3 Å². The number of hydrogen-bond acceptors (Lipinski definition) is 2. The number of amides is 2. The number of carboxylic acid groups (broad SMARTS) is 1. The summed E-state index contributed by atoms with van der Waals surface area (Å²) in [6.07, 6.45) is 4.99. The first kappa shape index (κ1) is 13.3. The van der Waals surface area contributed by atoms with Crippen LogP contribution in [0, 0.1) is 12.3 Å². The molecule has 0 bridgehead atoms. The normalized spacial score (nSPS) is 11.3. The molecule has 0 aliphatic carbocycles. The van der Waals surface area contributed by atoms with Gasteiger partial charge in [0.05, 0.1) is 13.0 Å². The number of carbonyl (C=O) groups excluding carboxylic acids is 1. The minimum atomic E-state index is -0.942. The second kappa shape index (κ2) is 6.71. The van der Waals surface area contributed by atoms with Crippen molar-refractivity contribution < 1.29 is 14.7 Å². The maximum Gasteiger partial charge on any atom is 0.318 e. The van der Waals surface area contributed by atoms with Gasteiger partial charge in [0.15, 0.2) is 0 Å². The van der Waals surface area contributed by atoms with Gasteiger partial charge in [0.25, 0.3) is 0 Å². The first-order valence-electron chi connectivity index (χ1n) is 4.72. The Morgan fingerprint density at radius 1 is 1.60 bits per heavy atom. The largest absolute Gasteiger partial charge is 0.481 e. The topological polar surface area (TPSA) is 69.6 Å². The average molecular weight is 212 g/mol. The molecule has 0 aliphatic heterocycles. The zero-order chi connectivity index (χ0) is 11.8. The van der Waals surface area contributed by atoms with E-state index in [-0.39, 0.29) is 19.0 Å². The Morgan fingerprint density at radius 3 is 2.60 bits per heavy atom. The van der Waals surface area contributed by atoms with Crippen molar-refractivity contribution >= 4 is 12.0 Å². The molecule has 1 atom stereocenters. The van der Waals surface area contributed by atoms with Crippen LogP contribution in [0.1, 0.15) is 20.3 Å². The predicted molar refractivity (Wildman–Crippen MR) is 56.3 cm³/mol. The lowest BCUT2D eigenvalue weighted by Gasteiger charge is -2.21. The number of carboxylic acids is 1. The molecule has 1 unspecified atom stereocenters. The standard InChI is InChI=1S/C10H16N2O3/c1-4-6-12(5-2)10(15)11-8(3)7-9(13)14/h1,8H,5-7H2,2-3H3,(H,11,15)(H,13,14). The third-order valence-corrected chi connectivity index (χ3v) is 1.80. The smallest absolute Gasteiger partial charge is 0.318 e. The van der Waals surface area contributed by atoms with Crippen LogP contribution in [-0.4, -0.2) is 41.1 Å². The molecule has 5 nitrogen and oxygen atoms in total. The van der Waals surface area contributed by atoms with E-state index in [4.69, 9.17) is 11.5 Å². The minimum Gasteiger partial charge on any atom is -0.481 e. The number of nitrogens with zero attached hydrogens (tertiary/aromatic N) is 1. The Morgan fingerprint density at radius 2 is 2.20 bits per heavy atom. The van der Waals surface area contributed by atoms with Crippen molar-refractivity contribution in [1.82, 2.24) is 10.2 Å². The van der Waals surface area contributed by atoms with Gasteiger partial charge in [-0.3, -0.25) is 4.79 Å². The van der Waals surface area contributed by atoms with Gasteiger partial charge in [0.2, 0.25) is 0 Å². The fourth-order valence-corrected chi connectivity index (χ4v) is 1.05. The minimum absolute atomic E-state index is 0.0979. The van der Waals surface area contributed by atoms with Gasteiger partial charge >= 0.3 is 12.0 Å². The summed E-state index contributed by atoms with van der Waals surface area (Å²) < 4.78 is 0. The van der Waals surface area contributed by atoms with E-state index in [2.05, 4.69) is 11.2 Å². The Bertz CT molecular complexity index is 270. The summed E-state index contributed by atoms with van der Waals surface area (Å²) in [7, 11) is 0. The number of urea groups is 1. The van der Waals surface area contributed by atoms with Crippen molar-refractivity contribution in [2.45, 2.75) is 26.3 Å². The highest BCUT2D eigenvalue weighted by Gasteiger charge is 2.14. The van der Waals surface area contributed by atoms with E-state index in [1.807, 2.05) is 0 Å². The van der Waals surface area contributed by atoms with Gasteiger partial charge in [-0.25, -0.2) is 4.79 Å². The SMILES string of the molecule is C#CCN(CC)C(=O)NC(C)CC(=O)O. The van der Waals surface area contributed by atoms with Crippen LogP contribution >= 0.6 is 0 Å².